The Morgan fingerprint density at radius 3 is 2.37 bits per heavy atom. The highest BCUT2D eigenvalue weighted by molar-refractivity contribution is 6.31. The lowest BCUT2D eigenvalue weighted by Crippen LogP contribution is -2.28. The van der Waals surface area contributed by atoms with Crippen molar-refractivity contribution in [2.24, 2.45) is 5.73 Å². The van der Waals surface area contributed by atoms with E-state index in [0.717, 1.165) is 0 Å². The average Bonchev–Trinajstić information content (AvgIpc) is 2.36. The molecule has 1 aromatic carbocycles. The van der Waals surface area contributed by atoms with E-state index in [0.29, 0.717) is 11.3 Å². The lowest BCUT2D eigenvalue weighted by Gasteiger charge is -2.19. The second-order valence-electron chi connectivity index (χ2n) is 4.06. The van der Waals surface area contributed by atoms with Crippen LogP contribution in [0.4, 0.5) is 5.69 Å². The van der Waals surface area contributed by atoms with Crippen LogP contribution in [0.25, 0.3) is 0 Å². The van der Waals surface area contributed by atoms with Crippen LogP contribution in [-0.4, -0.2) is 21.4 Å². The summed E-state index contributed by atoms with van der Waals surface area (Å²) in [7, 11) is 0. The van der Waals surface area contributed by atoms with Gasteiger partial charge in [-0.25, -0.2) is 0 Å². The first-order chi connectivity index (χ1) is 8.97. The fourth-order valence-electron chi connectivity index (χ4n) is 1.63. The minimum atomic E-state index is -0.798. The molecule has 0 fully saturated rings. The zero-order valence-electron chi connectivity index (χ0n) is 9.84. The molecule has 0 bridgehead atoms. The smallest absolute Gasteiger partial charge is 0.119 e. The normalized spacial score (nSPS) is 21.5. The lowest BCUT2D eigenvalue weighted by atomic mass is 10.0. The second kappa shape index (κ2) is 5.26. The van der Waals surface area contributed by atoms with E-state index in [1.54, 1.807) is 12.1 Å². The lowest BCUT2D eigenvalue weighted by molar-refractivity contribution is 0.360. The molecule has 1 aliphatic rings. The summed E-state index contributed by atoms with van der Waals surface area (Å²) < 4.78 is 0. The number of nitrogens with one attached hydrogen (secondary N) is 1. The van der Waals surface area contributed by atoms with Gasteiger partial charge in [0.1, 0.15) is 22.4 Å². The molecule has 2 rings (SSSR count). The number of phenols is 1. The summed E-state index contributed by atoms with van der Waals surface area (Å²) in [6.07, 6.45) is 2.54. The average molecular weight is 281 g/mol. The summed E-state index contributed by atoms with van der Waals surface area (Å²) in [5.74, 6) is -0.151. The second-order valence-corrected chi connectivity index (χ2v) is 4.44. The Morgan fingerprint density at radius 2 is 1.74 bits per heavy atom. The van der Waals surface area contributed by atoms with E-state index in [-0.39, 0.29) is 22.4 Å². The van der Waals surface area contributed by atoms with Crippen molar-refractivity contribution >= 4 is 17.3 Å². The van der Waals surface area contributed by atoms with Gasteiger partial charge in [-0.05, 0) is 30.3 Å². The molecule has 5 nitrogen and oxygen atoms in total. The van der Waals surface area contributed by atoms with E-state index in [2.05, 4.69) is 5.32 Å². The van der Waals surface area contributed by atoms with Crippen molar-refractivity contribution in [1.29, 1.82) is 0 Å². The number of rotatable bonds is 2. The molecule has 1 aromatic rings. The Balaban J connectivity index is 2.27. The van der Waals surface area contributed by atoms with Gasteiger partial charge in [0.05, 0.1) is 6.04 Å². The maximum absolute atomic E-state index is 9.55. The molecule has 0 radical (unpaired) electrons. The first-order valence-corrected chi connectivity index (χ1v) is 5.87. The summed E-state index contributed by atoms with van der Waals surface area (Å²) in [4.78, 5) is 0. The molecular weight excluding hydrogens is 268 g/mol. The van der Waals surface area contributed by atoms with Crippen LogP contribution in [0.1, 0.15) is 0 Å². The van der Waals surface area contributed by atoms with Crippen LogP contribution in [0.15, 0.2) is 58.7 Å². The number of benzene rings is 1. The predicted octanol–water partition coefficient (Wildman–Crippen LogP) is 2.48. The molecule has 100 valence electrons. The third-order valence-corrected chi connectivity index (χ3v) is 2.94. The van der Waals surface area contributed by atoms with Crippen LogP contribution in [0, 0.1) is 0 Å². The van der Waals surface area contributed by atoms with Crippen molar-refractivity contribution in [2.45, 2.75) is 6.04 Å². The number of halogens is 1. The Kier molecular flexibility index (Phi) is 3.69. The molecule has 0 amide bonds. The van der Waals surface area contributed by atoms with Crippen molar-refractivity contribution in [3.8, 4) is 5.75 Å². The van der Waals surface area contributed by atoms with Gasteiger partial charge >= 0.3 is 0 Å². The number of allylic oxidation sites excluding steroid dienone is 1. The van der Waals surface area contributed by atoms with Crippen LogP contribution >= 0.6 is 11.6 Å². The van der Waals surface area contributed by atoms with Gasteiger partial charge in [0.2, 0.25) is 0 Å². The van der Waals surface area contributed by atoms with Crippen LogP contribution in [0.5, 0.6) is 5.75 Å². The van der Waals surface area contributed by atoms with Crippen LogP contribution in [0.2, 0.25) is 0 Å². The number of anilines is 1. The summed E-state index contributed by atoms with van der Waals surface area (Å²) in [5.41, 5.74) is 6.78. The molecule has 0 aromatic heterocycles. The van der Waals surface area contributed by atoms with Gasteiger partial charge in [-0.15, -0.1) is 0 Å². The Hall–Kier alpha value is -2.11. The van der Waals surface area contributed by atoms with Gasteiger partial charge in [-0.1, -0.05) is 11.6 Å². The van der Waals surface area contributed by atoms with E-state index in [1.807, 2.05) is 0 Å². The van der Waals surface area contributed by atoms with Gasteiger partial charge in [-0.3, -0.25) is 0 Å². The minimum absolute atomic E-state index is 0.125. The summed E-state index contributed by atoms with van der Waals surface area (Å²) in [5, 5.41) is 31.2. The SMILES string of the molecule is NC1C(O)=CC(O)=C/C1=C(\Cl)Nc1ccc(O)cc1. The zero-order valence-corrected chi connectivity index (χ0v) is 10.6. The van der Waals surface area contributed by atoms with Crippen LogP contribution in [0.3, 0.4) is 0 Å². The van der Waals surface area contributed by atoms with Crippen molar-refractivity contribution in [1.82, 2.24) is 0 Å². The van der Waals surface area contributed by atoms with Gasteiger partial charge in [0.15, 0.2) is 0 Å². The quantitative estimate of drug-likeness (QED) is 0.423. The fourth-order valence-corrected chi connectivity index (χ4v) is 1.92. The van der Waals surface area contributed by atoms with E-state index in [9.17, 15) is 15.3 Å². The third kappa shape index (κ3) is 3.01. The molecule has 6 N–H and O–H groups in total. The third-order valence-electron chi connectivity index (χ3n) is 2.63. The monoisotopic (exact) mass is 280 g/mol. The van der Waals surface area contributed by atoms with E-state index < -0.39 is 6.04 Å². The van der Waals surface area contributed by atoms with Gasteiger partial charge in [-0.2, -0.15) is 0 Å². The molecule has 1 aliphatic carbocycles. The molecule has 0 aliphatic heterocycles. The number of nitrogens with two attached hydrogens (primary N) is 1. The van der Waals surface area contributed by atoms with Crippen molar-refractivity contribution in [3.63, 3.8) is 0 Å². The van der Waals surface area contributed by atoms with Gasteiger partial charge < -0.3 is 26.4 Å². The van der Waals surface area contributed by atoms with Gasteiger partial charge in [0.25, 0.3) is 0 Å². The first kappa shape index (κ1) is 13.3. The topological polar surface area (TPSA) is 98.7 Å². The largest absolute Gasteiger partial charge is 0.510 e. The molecule has 1 atom stereocenters. The molecule has 0 heterocycles. The predicted molar refractivity (Wildman–Crippen MR) is 74.0 cm³/mol. The van der Waals surface area contributed by atoms with Crippen molar-refractivity contribution in [2.75, 3.05) is 5.32 Å². The first-order valence-electron chi connectivity index (χ1n) is 5.50. The maximum Gasteiger partial charge on any atom is 0.119 e. The maximum atomic E-state index is 9.55. The standard InChI is InChI=1S/C13H13ClN2O3/c14-13(16-7-1-3-8(17)4-2-7)10-5-9(18)6-11(19)12(10)15/h1-6,12,16-19H,15H2/b13-10-. The van der Waals surface area contributed by atoms with E-state index >= 15 is 0 Å². The highest BCUT2D eigenvalue weighted by Crippen LogP contribution is 2.25. The summed E-state index contributed by atoms with van der Waals surface area (Å²) in [6, 6.07) is 5.47. The number of phenolic OH excluding ortho intramolecular Hbond substituents is 1. The molecule has 1 unspecified atom stereocenters. The summed E-state index contributed by atoms with van der Waals surface area (Å²) in [6.45, 7) is 0. The Morgan fingerprint density at radius 1 is 1.11 bits per heavy atom. The zero-order chi connectivity index (χ0) is 14.0. The highest BCUT2D eigenvalue weighted by atomic mass is 35.5. The number of aliphatic hydroxyl groups is 2. The number of hydrogen-bond donors (Lipinski definition) is 5. The molecule has 0 spiro atoms. The van der Waals surface area contributed by atoms with Crippen molar-refractivity contribution < 1.29 is 15.3 Å². The molecule has 0 saturated heterocycles. The summed E-state index contributed by atoms with van der Waals surface area (Å²) >= 11 is 6.09. The fraction of sp³-hybridized carbons (Fsp3) is 0.0769. The highest BCUT2D eigenvalue weighted by Gasteiger charge is 2.21. The minimum Gasteiger partial charge on any atom is -0.510 e. The Labute approximate surface area is 114 Å². The molecule has 0 saturated carbocycles. The number of aromatic hydroxyl groups is 1. The van der Waals surface area contributed by atoms with E-state index in [1.165, 1.54) is 24.3 Å². The molecule has 19 heavy (non-hydrogen) atoms. The number of aliphatic hydroxyl groups excluding tert-OH is 2. The van der Waals surface area contributed by atoms with Crippen molar-refractivity contribution in [3.05, 3.63) is 58.7 Å². The van der Waals surface area contributed by atoms with Crippen LogP contribution in [-0.2, 0) is 0 Å². The van der Waals surface area contributed by atoms with Crippen LogP contribution < -0.4 is 11.1 Å². The van der Waals surface area contributed by atoms with Gasteiger partial charge in [0, 0.05) is 17.3 Å². The Bertz CT molecular complexity index is 576. The number of hydrogen-bond acceptors (Lipinski definition) is 5. The molecular formula is C13H13ClN2O3. The molecule has 6 heteroatoms. The van der Waals surface area contributed by atoms with E-state index in [4.69, 9.17) is 17.3 Å².